The van der Waals surface area contributed by atoms with E-state index in [2.05, 4.69) is 20.4 Å². The van der Waals surface area contributed by atoms with Crippen LogP contribution in [0.4, 0.5) is 5.69 Å². The third-order valence-corrected chi connectivity index (χ3v) is 6.32. The number of aromatic nitrogens is 4. The van der Waals surface area contributed by atoms with Crippen LogP contribution in [-0.4, -0.2) is 25.4 Å². The Bertz CT molecular complexity index is 1700. The SMILES string of the molecule is Cc1noc(C)c1COc1cc2ccccc2cc1C(=O)Nc1ccc(-c2cn3cccnc3n2)cc1. The second-order valence-corrected chi connectivity index (χ2v) is 8.77. The van der Waals surface area contributed by atoms with Crippen molar-refractivity contribution < 1.29 is 14.1 Å². The zero-order valence-corrected chi connectivity index (χ0v) is 20.3. The molecule has 3 aromatic heterocycles. The molecule has 0 aliphatic heterocycles. The van der Waals surface area contributed by atoms with E-state index < -0.39 is 0 Å². The number of hydrogen-bond acceptors (Lipinski definition) is 6. The lowest BCUT2D eigenvalue weighted by atomic mass is 10.0. The van der Waals surface area contributed by atoms with Crippen molar-refractivity contribution in [1.29, 1.82) is 0 Å². The second-order valence-electron chi connectivity index (χ2n) is 8.77. The Hall–Kier alpha value is -4.98. The van der Waals surface area contributed by atoms with Gasteiger partial charge in [0.25, 0.3) is 5.91 Å². The molecular weight excluding hydrogens is 466 g/mol. The number of ether oxygens (including phenoxy) is 1. The molecule has 0 bridgehead atoms. The maximum atomic E-state index is 13.4. The minimum absolute atomic E-state index is 0.252. The maximum Gasteiger partial charge on any atom is 0.259 e. The van der Waals surface area contributed by atoms with E-state index in [1.807, 2.05) is 97.4 Å². The average Bonchev–Trinajstić information content (AvgIpc) is 3.50. The summed E-state index contributed by atoms with van der Waals surface area (Å²) in [5.74, 6) is 1.57. The number of nitrogens with one attached hydrogen (secondary N) is 1. The number of amides is 1. The van der Waals surface area contributed by atoms with Gasteiger partial charge in [-0.1, -0.05) is 41.6 Å². The summed E-state index contributed by atoms with van der Waals surface area (Å²) in [6.07, 6.45) is 5.54. The van der Waals surface area contributed by atoms with Crippen LogP contribution >= 0.6 is 0 Å². The van der Waals surface area contributed by atoms with Gasteiger partial charge >= 0.3 is 0 Å². The van der Waals surface area contributed by atoms with Crippen LogP contribution in [0.2, 0.25) is 0 Å². The molecule has 3 heterocycles. The van der Waals surface area contributed by atoms with E-state index in [-0.39, 0.29) is 12.5 Å². The molecule has 1 N–H and O–H groups in total. The molecule has 6 rings (SSSR count). The van der Waals surface area contributed by atoms with Gasteiger partial charge in [0, 0.05) is 29.8 Å². The molecule has 6 aromatic rings. The van der Waals surface area contributed by atoms with Crippen LogP contribution < -0.4 is 10.1 Å². The highest BCUT2D eigenvalue weighted by atomic mass is 16.5. The van der Waals surface area contributed by atoms with Gasteiger partial charge in [-0.25, -0.2) is 9.97 Å². The van der Waals surface area contributed by atoms with Gasteiger partial charge in [0.15, 0.2) is 0 Å². The molecule has 8 nitrogen and oxygen atoms in total. The molecular formula is C29H23N5O3. The Balaban J connectivity index is 1.26. The summed E-state index contributed by atoms with van der Waals surface area (Å²) in [5.41, 5.74) is 4.49. The Labute approximate surface area is 212 Å². The van der Waals surface area contributed by atoms with E-state index in [0.717, 1.165) is 33.3 Å². The first-order valence-electron chi connectivity index (χ1n) is 11.8. The zero-order valence-electron chi connectivity index (χ0n) is 20.3. The van der Waals surface area contributed by atoms with Gasteiger partial charge in [-0.05, 0) is 55.0 Å². The number of benzene rings is 3. The fraction of sp³-hybridized carbons (Fsp3) is 0.103. The highest BCUT2D eigenvalue weighted by Gasteiger charge is 2.17. The number of nitrogens with zero attached hydrogens (tertiary/aromatic N) is 4. The van der Waals surface area contributed by atoms with Crippen LogP contribution in [0, 0.1) is 13.8 Å². The van der Waals surface area contributed by atoms with E-state index in [4.69, 9.17) is 9.26 Å². The zero-order chi connectivity index (χ0) is 25.4. The predicted octanol–water partition coefficient (Wildman–Crippen LogP) is 5.99. The molecule has 0 saturated heterocycles. The summed E-state index contributed by atoms with van der Waals surface area (Å²) >= 11 is 0. The number of carbonyl (C=O) groups excluding carboxylic acids is 1. The van der Waals surface area contributed by atoms with Gasteiger partial charge in [-0.3, -0.25) is 9.20 Å². The summed E-state index contributed by atoms with van der Waals surface area (Å²) in [5, 5.41) is 8.92. The minimum atomic E-state index is -0.260. The molecule has 0 unspecified atom stereocenters. The Morgan fingerprint density at radius 2 is 1.81 bits per heavy atom. The summed E-state index contributed by atoms with van der Waals surface area (Å²) in [6, 6.07) is 21.0. The van der Waals surface area contributed by atoms with Crippen LogP contribution in [0.5, 0.6) is 5.75 Å². The smallest absolute Gasteiger partial charge is 0.259 e. The van der Waals surface area contributed by atoms with Crippen molar-refractivity contribution in [1.82, 2.24) is 19.5 Å². The monoisotopic (exact) mass is 489 g/mol. The van der Waals surface area contributed by atoms with Crippen LogP contribution in [0.25, 0.3) is 27.8 Å². The Morgan fingerprint density at radius 1 is 1.03 bits per heavy atom. The average molecular weight is 490 g/mol. The minimum Gasteiger partial charge on any atom is -0.488 e. The van der Waals surface area contributed by atoms with E-state index in [0.29, 0.717) is 28.5 Å². The molecule has 0 saturated carbocycles. The van der Waals surface area contributed by atoms with Gasteiger partial charge in [0.2, 0.25) is 5.78 Å². The van der Waals surface area contributed by atoms with E-state index in [9.17, 15) is 4.79 Å². The van der Waals surface area contributed by atoms with Crippen molar-refractivity contribution in [3.63, 3.8) is 0 Å². The number of rotatable bonds is 6. The molecule has 8 heteroatoms. The summed E-state index contributed by atoms with van der Waals surface area (Å²) in [4.78, 5) is 22.2. The summed E-state index contributed by atoms with van der Waals surface area (Å²) in [6.45, 7) is 3.97. The number of imidazole rings is 1. The maximum absolute atomic E-state index is 13.4. The predicted molar refractivity (Wildman–Crippen MR) is 141 cm³/mol. The van der Waals surface area contributed by atoms with Crippen molar-refractivity contribution in [3.8, 4) is 17.0 Å². The number of fused-ring (bicyclic) bond motifs is 2. The molecule has 37 heavy (non-hydrogen) atoms. The summed E-state index contributed by atoms with van der Waals surface area (Å²) < 4.78 is 13.3. The molecule has 0 radical (unpaired) electrons. The van der Waals surface area contributed by atoms with Crippen molar-refractivity contribution >= 4 is 28.1 Å². The quantitative estimate of drug-likeness (QED) is 0.309. The first-order valence-corrected chi connectivity index (χ1v) is 11.8. The number of anilines is 1. The van der Waals surface area contributed by atoms with Crippen molar-refractivity contribution in [2.24, 2.45) is 0 Å². The van der Waals surface area contributed by atoms with Gasteiger partial charge in [0.1, 0.15) is 18.1 Å². The molecule has 0 spiro atoms. The Morgan fingerprint density at radius 3 is 2.54 bits per heavy atom. The lowest BCUT2D eigenvalue weighted by molar-refractivity contribution is 0.102. The third kappa shape index (κ3) is 4.40. The molecule has 0 fully saturated rings. The van der Waals surface area contributed by atoms with Gasteiger partial charge in [0.05, 0.1) is 22.5 Å². The lowest BCUT2D eigenvalue weighted by Gasteiger charge is -2.14. The number of hydrogen-bond donors (Lipinski definition) is 1. The first-order chi connectivity index (χ1) is 18.0. The topological polar surface area (TPSA) is 94.5 Å². The molecule has 0 aliphatic rings. The van der Waals surface area contributed by atoms with Crippen LogP contribution in [0.1, 0.15) is 27.4 Å². The van der Waals surface area contributed by atoms with E-state index in [1.165, 1.54) is 0 Å². The van der Waals surface area contributed by atoms with Crippen molar-refractivity contribution in [2.75, 3.05) is 5.32 Å². The van der Waals surface area contributed by atoms with Crippen molar-refractivity contribution in [3.05, 3.63) is 108 Å². The lowest BCUT2D eigenvalue weighted by Crippen LogP contribution is -2.14. The van der Waals surface area contributed by atoms with E-state index in [1.54, 1.807) is 6.20 Å². The largest absolute Gasteiger partial charge is 0.488 e. The van der Waals surface area contributed by atoms with Gasteiger partial charge in [-0.15, -0.1) is 0 Å². The standard InChI is InChI=1S/C29H23N5O3/c1-18-25(19(2)37-33-18)17-36-27-15-22-7-4-3-6-21(22)14-24(27)28(35)31-23-10-8-20(9-11-23)26-16-34-13-5-12-30-29(34)32-26/h3-16H,17H2,1-2H3,(H,31,35). The molecule has 3 aromatic carbocycles. The Kier molecular flexibility index (Phi) is 5.61. The van der Waals surface area contributed by atoms with Gasteiger partial charge < -0.3 is 14.6 Å². The fourth-order valence-corrected chi connectivity index (χ4v) is 4.27. The van der Waals surface area contributed by atoms with Crippen LogP contribution in [0.15, 0.2) is 89.8 Å². The van der Waals surface area contributed by atoms with Gasteiger partial charge in [-0.2, -0.15) is 0 Å². The molecule has 182 valence electrons. The highest BCUT2D eigenvalue weighted by Crippen LogP contribution is 2.29. The van der Waals surface area contributed by atoms with Crippen LogP contribution in [0.3, 0.4) is 0 Å². The van der Waals surface area contributed by atoms with E-state index >= 15 is 0 Å². The highest BCUT2D eigenvalue weighted by molar-refractivity contribution is 6.08. The first kappa shape index (κ1) is 22.5. The fourth-order valence-electron chi connectivity index (χ4n) is 4.27. The molecule has 1 amide bonds. The molecule has 0 aliphatic carbocycles. The van der Waals surface area contributed by atoms with Crippen LogP contribution in [-0.2, 0) is 6.61 Å². The normalized spacial score (nSPS) is 11.2. The number of aryl methyl sites for hydroxylation is 2. The van der Waals surface area contributed by atoms with Crippen molar-refractivity contribution in [2.45, 2.75) is 20.5 Å². The summed E-state index contributed by atoms with van der Waals surface area (Å²) in [7, 11) is 0. The number of carbonyl (C=O) groups is 1. The molecule has 0 atom stereocenters. The third-order valence-electron chi connectivity index (χ3n) is 6.32. The second kappa shape index (κ2) is 9.23.